The molecule has 0 amide bonds. The number of para-hydroxylation sites is 2. The molecule has 4 heteroatoms. The average molecular weight is 668 g/mol. The highest BCUT2D eigenvalue weighted by atomic mass is 16.3. The fourth-order valence-corrected chi connectivity index (χ4v) is 8.13. The zero-order valence-electron chi connectivity index (χ0n) is 32.9. The van der Waals surface area contributed by atoms with E-state index in [4.69, 9.17) is 13.5 Å². The quantitative estimate of drug-likeness (QED) is 0.135. The number of imidazole rings is 1. The van der Waals surface area contributed by atoms with Crippen LogP contribution in [0.5, 0.6) is 0 Å². The molecule has 4 nitrogen and oxygen atoms in total. The standard InChI is InChI=1S/C47H42N3O/c1-27(2)37-25-33(31-15-9-8-10-16-31)26-38(28(3)4)44(37)50-40-20-14-13-19-39(40)49(7)47(50)41-29(5)21-23-36-43-46(51-45(36)41)42-34(30(6)48-43)24-22-32-17-11-12-18-35(32)42/h8-28H,1-7H3/q+1/i6D3. The van der Waals surface area contributed by atoms with Gasteiger partial charge in [-0.05, 0) is 83.4 Å². The van der Waals surface area contributed by atoms with E-state index in [-0.39, 0.29) is 17.5 Å². The molecular weight excluding hydrogens is 623 g/mol. The van der Waals surface area contributed by atoms with Gasteiger partial charge in [0.25, 0.3) is 5.82 Å². The Labute approximate surface area is 302 Å². The lowest BCUT2D eigenvalue weighted by molar-refractivity contribution is -0.633. The summed E-state index contributed by atoms with van der Waals surface area (Å²) >= 11 is 0. The predicted octanol–water partition coefficient (Wildman–Crippen LogP) is 12.3. The molecule has 51 heavy (non-hydrogen) atoms. The van der Waals surface area contributed by atoms with E-state index in [2.05, 4.69) is 130 Å². The molecule has 0 aliphatic heterocycles. The van der Waals surface area contributed by atoms with Gasteiger partial charge in [0.2, 0.25) is 0 Å². The van der Waals surface area contributed by atoms with Crippen LogP contribution in [0.2, 0.25) is 0 Å². The van der Waals surface area contributed by atoms with Crippen molar-refractivity contribution in [1.29, 1.82) is 0 Å². The van der Waals surface area contributed by atoms with E-state index < -0.39 is 6.85 Å². The van der Waals surface area contributed by atoms with Crippen molar-refractivity contribution in [2.24, 2.45) is 7.05 Å². The summed E-state index contributed by atoms with van der Waals surface area (Å²) in [6, 6.07) is 40.0. The lowest BCUT2D eigenvalue weighted by Gasteiger charge is -2.21. The van der Waals surface area contributed by atoms with Gasteiger partial charge in [0.15, 0.2) is 22.2 Å². The van der Waals surface area contributed by atoms with Gasteiger partial charge in [-0.2, -0.15) is 4.57 Å². The van der Waals surface area contributed by atoms with E-state index in [1.165, 1.54) is 27.9 Å². The molecule has 0 atom stereocenters. The number of nitrogens with zero attached hydrogens (tertiary/aromatic N) is 3. The highest BCUT2D eigenvalue weighted by Crippen LogP contribution is 2.44. The Balaban J connectivity index is 1.45. The van der Waals surface area contributed by atoms with Crippen molar-refractivity contribution in [2.45, 2.75) is 53.3 Å². The second-order valence-electron chi connectivity index (χ2n) is 14.5. The zero-order valence-corrected chi connectivity index (χ0v) is 29.9. The molecule has 3 aromatic heterocycles. The van der Waals surface area contributed by atoms with Gasteiger partial charge in [0.05, 0.1) is 7.05 Å². The van der Waals surface area contributed by atoms with E-state index in [0.29, 0.717) is 22.1 Å². The van der Waals surface area contributed by atoms with E-state index in [0.717, 1.165) is 49.5 Å². The van der Waals surface area contributed by atoms with Crippen molar-refractivity contribution in [1.82, 2.24) is 9.55 Å². The minimum absolute atomic E-state index is 0.0851. The molecule has 9 aromatic rings. The largest absolute Gasteiger partial charge is 0.453 e. The van der Waals surface area contributed by atoms with Crippen LogP contribution in [0.15, 0.2) is 120 Å². The maximum atomic E-state index is 8.54. The van der Waals surface area contributed by atoms with Gasteiger partial charge in [0, 0.05) is 37.1 Å². The normalized spacial score (nSPS) is 13.3. The summed E-state index contributed by atoms with van der Waals surface area (Å²) in [5.74, 6) is 1.44. The maximum Gasteiger partial charge on any atom is 0.299 e. The first-order valence-corrected chi connectivity index (χ1v) is 17.8. The van der Waals surface area contributed by atoms with E-state index in [1.54, 1.807) is 0 Å². The van der Waals surface area contributed by atoms with Crippen LogP contribution in [0.3, 0.4) is 0 Å². The predicted molar refractivity (Wildman–Crippen MR) is 213 cm³/mol. The lowest BCUT2D eigenvalue weighted by atomic mass is 9.88. The Kier molecular flexibility index (Phi) is 6.41. The van der Waals surface area contributed by atoms with Crippen molar-refractivity contribution in [3.05, 3.63) is 138 Å². The zero-order chi connectivity index (χ0) is 37.6. The third-order valence-electron chi connectivity index (χ3n) is 10.7. The Hall–Kier alpha value is -5.74. The lowest BCUT2D eigenvalue weighted by Crippen LogP contribution is -2.30. The monoisotopic (exact) mass is 667 g/mol. The van der Waals surface area contributed by atoms with Crippen LogP contribution in [0, 0.1) is 13.8 Å². The number of rotatable bonds is 5. The fraction of sp³-hybridized carbons (Fsp3) is 0.191. The summed E-state index contributed by atoms with van der Waals surface area (Å²) in [7, 11) is 2.13. The minimum Gasteiger partial charge on any atom is -0.453 e. The van der Waals surface area contributed by atoms with E-state index >= 15 is 0 Å². The van der Waals surface area contributed by atoms with Crippen molar-refractivity contribution in [3.8, 4) is 28.2 Å². The second-order valence-corrected chi connectivity index (χ2v) is 14.5. The Bertz CT molecular complexity index is 2920. The molecule has 3 heterocycles. The molecule has 0 spiro atoms. The number of fused-ring (bicyclic) bond motifs is 8. The minimum atomic E-state index is -2.42. The molecule has 0 saturated carbocycles. The van der Waals surface area contributed by atoms with Gasteiger partial charge in [-0.15, -0.1) is 0 Å². The molecule has 0 aliphatic rings. The Morgan fingerprint density at radius 1 is 0.706 bits per heavy atom. The molecule has 0 radical (unpaired) electrons. The second kappa shape index (κ2) is 11.7. The summed E-state index contributed by atoms with van der Waals surface area (Å²) in [6.45, 7) is 8.81. The summed E-state index contributed by atoms with van der Waals surface area (Å²) in [6.07, 6.45) is 0. The summed E-state index contributed by atoms with van der Waals surface area (Å²) < 4.78 is 37.4. The third-order valence-corrected chi connectivity index (χ3v) is 10.7. The van der Waals surface area contributed by atoms with Crippen LogP contribution in [0.4, 0.5) is 0 Å². The SMILES string of the molecule is [2H]C([2H])([2H])c1nc2c3ccc(C)c(-c4n(-c5c(C(C)C)cc(-c6ccccc6)cc5C(C)C)c5ccccc5[n+]4C)c3oc2c2c1ccc1ccccc12. The number of aromatic nitrogens is 3. The molecule has 0 aliphatic carbocycles. The summed E-state index contributed by atoms with van der Waals surface area (Å²) in [5.41, 5.74) is 12.2. The van der Waals surface area contributed by atoms with Crippen LogP contribution in [-0.2, 0) is 7.05 Å². The summed E-state index contributed by atoms with van der Waals surface area (Å²) in [5, 5.41) is 4.09. The number of aryl methyl sites for hydroxylation is 3. The van der Waals surface area contributed by atoms with Crippen molar-refractivity contribution >= 4 is 54.6 Å². The van der Waals surface area contributed by atoms with Crippen molar-refractivity contribution < 1.29 is 13.1 Å². The maximum absolute atomic E-state index is 8.54. The smallest absolute Gasteiger partial charge is 0.299 e. The molecular formula is C47H42N3O+. The molecule has 6 aromatic carbocycles. The number of pyridine rings is 1. The van der Waals surface area contributed by atoms with Crippen LogP contribution in [0.25, 0.3) is 82.8 Å². The Morgan fingerprint density at radius 3 is 2.14 bits per heavy atom. The molecule has 0 fully saturated rings. The molecule has 0 unspecified atom stereocenters. The van der Waals surface area contributed by atoms with Gasteiger partial charge < -0.3 is 4.42 Å². The molecule has 250 valence electrons. The summed E-state index contributed by atoms with van der Waals surface area (Å²) in [4.78, 5) is 4.92. The number of hydrogen-bond acceptors (Lipinski definition) is 2. The number of benzene rings is 6. The van der Waals surface area contributed by atoms with Gasteiger partial charge in [-0.3, -0.25) is 0 Å². The van der Waals surface area contributed by atoms with Crippen LogP contribution in [-0.4, -0.2) is 9.55 Å². The number of hydrogen-bond donors (Lipinski definition) is 0. The molecule has 0 N–H and O–H groups in total. The first-order chi connectivity index (χ1) is 25.9. The first-order valence-electron chi connectivity index (χ1n) is 19.3. The van der Waals surface area contributed by atoms with Gasteiger partial charge in [-0.1, -0.05) is 113 Å². The fourth-order valence-electron chi connectivity index (χ4n) is 8.13. The third kappa shape index (κ3) is 4.66. The van der Waals surface area contributed by atoms with E-state index in [1.807, 2.05) is 36.4 Å². The number of furan rings is 1. The highest BCUT2D eigenvalue weighted by molar-refractivity contribution is 6.23. The van der Waals surface area contributed by atoms with Gasteiger partial charge in [-0.25, -0.2) is 9.55 Å². The molecule has 0 saturated heterocycles. The van der Waals surface area contributed by atoms with E-state index in [9.17, 15) is 0 Å². The van der Waals surface area contributed by atoms with Crippen molar-refractivity contribution in [2.75, 3.05) is 0 Å². The van der Waals surface area contributed by atoms with Crippen LogP contribution >= 0.6 is 0 Å². The van der Waals surface area contributed by atoms with Crippen molar-refractivity contribution in [3.63, 3.8) is 0 Å². The van der Waals surface area contributed by atoms with Gasteiger partial charge >= 0.3 is 0 Å². The first kappa shape index (κ1) is 28.0. The molecule has 0 bridgehead atoms. The Morgan fingerprint density at radius 2 is 1.39 bits per heavy atom. The highest BCUT2D eigenvalue weighted by Gasteiger charge is 2.34. The van der Waals surface area contributed by atoms with Crippen LogP contribution < -0.4 is 4.57 Å². The topological polar surface area (TPSA) is 34.8 Å². The average Bonchev–Trinajstić information content (AvgIpc) is 3.68. The molecule has 9 rings (SSSR count). The van der Waals surface area contributed by atoms with Gasteiger partial charge in [0.1, 0.15) is 16.8 Å². The van der Waals surface area contributed by atoms with Crippen LogP contribution in [0.1, 0.15) is 66.0 Å².